The van der Waals surface area contributed by atoms with E-state index < -0.39 is 0 Å². The molecule has 0 saturated heterocycles. The predicted octanol–water partition coefficient (Wildman–Crippen LogP) is 9.03. The summed E-state index contributed by atoms with van der Waals surface area (Å²) in [6.45, 7) is 16.0. The Kier molecular flexibility index (Phi) is 12.0. The van der Waals surface area contributed by atoms with Crippen LogP contribution in [0.4, 0.5) is 11.4 Å². The summed E-state index contributed by atoms with van der Waals surface area (Å²) in [6.07, 6.45) is 17.1. The van der Waals surface area contributed by atoms with Crippen molar-refractivity contribution in [3.8, 4) is 0 Å². The van der Waals surface area contributed by atoms with Gasteiger partial charge in [0, 0.05) is 61.4 Å². The van der Waals surface area contributed by atoms with Gasteiger partial charge < -0.3 is 28.9 Å². The summed E-state index contributed by atoms with van der Waals surface area (Å²) >= 11 is 14.6. The van der Waals surface area contributed by atoms with Gasteiger partial charge in [-0.15, -0.1) is 0 Å². The van der Waals surface area contributed by atoms with Crippen molar-refractivity contribution in [1.82, 2.24) is 0 Å². The van der Waals surface area contributed by atoms with Crippen LogP contribution in [0.5, 0.6) is 0 Å². The first-order chi connectivity index (χ1) is 20.5. The Balaban J connectivity index is 0.00000442. The number of benzene rings is 2. The van der Waals surface area contributed by atoms with Crippen LogP contribution in [0.3, 0.4) is 0 Å². The summed E-state index contributed by atoms with van der Waals surface area (Å²) in [6, 6.07) is 13.5. The molecule has 0 atom stereocenters. The van der Waals surface area contributed by atoms with Gasteiger partial charge in [0.15, 0.2) is 5.71 Å². The van der Waals surface area contributed by atoms with Crippen molar-refractivity contribution in [3.63, 3.8) is 0 Å². The quantitative estimate of drug-likeness (QED) is 0.181. The van der Waals surface area contributed by atoms with Crippen molar-refractivity contribution in [1.29, 1.82) is 0 Å². The first-order valence-corrected chi connectivity index (χ1v) is 18.0. The molecule has 0 saturated carbocycles. The lowest BCUT2D eigenvalue weighted by molar-refractivity contribution is -0.438. The number of rotatable bonds is 9. The van der Waals surface area contributed by atoms with Gasteiger partial charge in [-0.05, 0) is 92.6 Å². The minimum atomic E-state index is -0.0752. The number of unbranched alkanes of at least 4 members (excludes halogenated alkanes) is 2. The fraction of sp³-hybridized carbons (Fsp3) is 0.447. The normalized spacial score (nSPS) is 20.6. The Morgan fingerprint density at radius 2 is 1.55 bits per heavy atom. The molecular weight excluding hydrogens is 807 g/mol. The maximum absolute atomic E-state index is 7.20. The van der Waals surface area contributed by atoms with E-state index >= 15 is 0 Å². The lowest BCUT2D eigenvalue weighted by Gasteiger charge is -2.27. The van der Waals surface area contributed by atoms with Crippen LogP contribution in [-0.2, 0) is 10.8 Å². The van der Waals surface area contributed by atoms with Crippen LogP contribution in [0.2, 0.25) is 0 Å². The van der Waals surface area contributed by atoms with E-state index in [1.165, 1.54) is 70.7 Å². The van der Waals surface area contributed by atoms with Crippen molar-refractivity contribution < 1.29 is 28.6 Å². The molecule has 0 bridgehead atoms. The summed E-state index contributed by atoms with van der Waals surface area (Å²) in [7, 11) is 0. The van der Waals surface area contributed by atoms with Crippen LogP contribution < -0.4 is 28.9 Å². The van der Waals surface area contributed by atoms with Gasteiger partial charge in [0.2, 0.25) is 5.69 Å². The number of hydrogen-bond donors (Lipinski definition) is 0. The molecule has 2 aromatic rings. The number of allylic oxidation sites excluding steroid dienone is 8. The third-order valence-corrected chi connectivity index (χ3v) is 11.0. The van der Waals surface area contributed by atoms with Gasteiger partial charge in [-0.3, -0.25) is 0 Å². The standard InChI is InChI=1S/C38H46Br2ClN2.HI/c1-7-9-22-42-32-18-16-28(39)24-30(32)37(3,4)34(42)20-14-26-12-11-13-27(36(26)41)15-21-35-38(5,6)31-25-29(40)17-19-33(31)43(35)23-10-8-2;/h14-21,24-25H,7-13,22-23H2,1-6H3;1H/q+1;/p-1. The molecule has 3 aliphatic rings. The second-order valence-corrected chi connectivity index (χ2v) is 15.4. The molecule has 44 heavy (non-hydrogen) atoms. The molecule has 6 heteroatoms. The first-order valence-electron chi connectivity index (χ1n) is 16.0. The number of anilines is 1. The fourth-order valence-corrected chi connectivity index (χ4v) is 8.01. The molecule has 0 radical (unpaired) electrons. The summed E-state index contributed by atoms with van der Waals surface area (Å²) < 4.78 is 4.80. The maximum atomic E-state index is 7.20. The third kappa shape index (κ3) is 6.92. The molecule has 236 valence electrons. The van der Waals surface area contributed by atoms with Crippen molar-refractivity contribution >= 4 is 60.5 Å². The van der Waals surface area contributed by atoms with Crippen molar-refractivity contribution in [2.45, 2.75) is 97.3 Å². The van der Waals surface area contributed by atoms with E-state index in [2.05, 4.69) is 144 Å². The highest BCUT2D eigenvalue weighted by Gasteiger charge is 2.44. The zero-order chi connectivity index (χ0) is 30.9. The first kappa shape index (κ1) is 35.7. The fourth-order valence-electron chi connectivity index (χ4n) is 6.98. The highest BCUT2D eigenvalue weighted by atomic mass is 127. The number of nitrogens with zero attached hydrogens (tertiary/aromatic N) is 2. The monoisotopic (exact) mass is 850 g/mol. The van der Waals surface area contributed by atoms with Crippen molar-refractivity contribution in [2.75, 3.05) is 18.0 Å². The summed E-state index contributed by atoms with van der Waals surface area (Å²) in [5, 5.41) is 0.923. The molecule has 0 fully saturated rings. The zero-order valence-corrected chi connectivity index (χ0v) is 33.1. The average molecular weight is 853 g/mol. The molecule has 0 unspecified atom stereocenters. The lowest BCUT2D eigenvalue weighted by Crippen LogP contribution is -3.00. The highest BCUT2D eigenvalue weighted by molar-refractivity contribution is 9.10. The maximum Gasteiger partial charge on any atom is 0.209 e. The molecule has 0 spiro atoms. The van der Waals surface area contributed by atoms with Crippen LogP contribution in [0.15, 0.2) is 91.5 Å². The average Bonchev–Trinajstić information content (AvgIpc) is 3.31. The molecule has 2 nitrogen and oxygen atoms in total. The van der Waals surface area contributed by atoms with Crippen LogP contribution >= 0.6 is 43.5 Å². The Morgan fingerprint density at radius 3 is 2.25 bits per heavy atom. The molecule has 0 N–H and O–H groups in total. The van der Waals surface area contributed by atoms with Crippen LogP contribution in [-0.4, -0.2) is 23.4 Å². The minimum absolute atomic E-state index is 0. The minimum Gasteiger partial charge on any atom is -1.00 e. The zero-order valence-electron chi connectivity index (χ0n) is 27.0. The second kappa shape index (κ2) is 14.7. The van der Waals surface area contributed by atoms with Gasteiger partial charge in [0.1, 0.15) is 6.54 Å². The second-order valence-electron chi connectivity index (χ2n) is 13.2. The largest absolute Gasteiger partial charge is 1.00 e. The Labute approximate surface area is 304 Å². The number of fused-ring (bicyclic) bond motifs is 2. The number of halogens is 4. The van der Waals surface area contributed by atoms with E-state index in [0.717, 1.165) is 46.3 Å². The molecule has 2 aromatic carbocycles. The predicted molar refractivity (Wildman–Crippen MR) is 193 cm³/mol. The highest BCUT2D eigenvalue weighted by Crippen LogP contribution is 2.49. The lowest BCUT2D eigenvalue weighted by atomic mass is 9.81. The van der Waals surface area contributed by atoms with E-state index in [1.54, 1.807) is 0 Å². The molecule has 0 amide bonds. The van der Waals surface area contributed by atoms with Gasteiger partial charge in [-0.25, -0.2) is 0 Å². The number of hydrogen-bond acceptors (Lipinski definition) is 1. The van der Waals surface area contributed by atoms with Crippen molar-refractivity contribution in [3.05, 3.63) is 103 Å². The van der Waals surface area contributed by atoms with Crippen LogP contribution in [0.1, 0.15) is 97.6 Å². The van der Waals surface area contributed by atoms with E-state index in [4.69, 9.17) is 11.6 Å². The summed E-state index contributed by atoms with van der Waals surface area (Å²) in [5.41, 5.74) is 10.5. The Hall–Kier alpha value is -1.15. The molecular formula is C38H46Br2ClIN2. The Bertz CT molecular complexity index is 1560. The van der Waals surface area contributed by atoms with Gasteiger partial charge in [0.25, 0.3) is 0 Å². The summed E-state index contributed by atoms with van der Waals surface area (Å²) in [4.78, 5) is 2.53. The summed E-state index contributed by atoms with van der Waals surface area (Å²) in [5.74, 6) is 0. The molecule has 5 rings (SSSR count). The molecule has 2 aliphatic heterocycles. The van der Waals surface area contributed by atoms with Gasteiger partial charge >= 0.3 is 0 Å². The van der Waals surface area contributed by atoms with E-state index in [1.807, 2.05) is 0 Å². The van der Waals surface area contributed by atoms with Crippen LogP contribution in [0, 0.1) is 0 Å². The SMILES string of the molecule is CCCCN1/C(=C\C=C2\CCCC(/C=C/C3=[N+](CCCC)c4ccc(Br)cc4C3(C)C)=C2Cl)C(C)(C)c2cc(Br)ccc21.[I-]. The molecule has 0 aromatic heterocycles. The van der Waals surface area contributed by atoms with E-state index in [0.29, 0.717) is 0 Å². The Morgan fingerprint density at radius 1 is 0.864 bits per heavy atom. The van der Waals surface area contributed by atoms with Crippen molar-refractivity contribution in [2.24, 2.45) is 0 Å². The molecule has 1 aliphatic carbocycles. The van der Waals surface area contributed by atoms with Crippen LogP contribution in [0.25, 0.3) is 0 Å². The smallest absolute Gasteiger partial charge is 0.209 e. The van der Waals surface area contributed by atoms with E-state index in [9.17, 15) is 0 Å². The molecule has 2 heterocycles. The topological polar surface area (TPSA) is 6.25 Å². The van der Waals surface area contributed by atoms with Gasteiger partial charge in [-0.2, -0.15) is 4.58 Å². The third-order valence-electron chi connectivity index (χ3n) is 9.52. The van der Waals surface area contributed by atoms with Gasteiger partial charge in [-0.1, -0.05) is 96.1 Å². The van der Waals surface area contributed by atoms with Gasteiger partial charge in [0.05, 0.1) is 5.41 Å². The van der Waals surface area contributed by atoms with E-state index in [-0.39, 0.29) is 34.8 Å².